The molecule has 0 bridgehead atoms. The molecular weight excluding hydrogens is 299 g/mol. The quantitative estimate of drug-likeness (QED) is 0.848. The summed E-state index contributed by atoms with van der Waals surface area (Å²) in [6.45, 7) is 2.33. The van der Waals surface area contributed by atoms with E-state index in [0.717, 1.165) is 12.8 Å². The van der Waals surface area contributed by atoms with Crippen molar-refractivity contribution in [1.82, 2.24) is 5.32 Å². The Labute approximate surface area is 128 Å². The molecule has 1 atom stereocenters. The molecule has 1 aromatic rings. The van der Waals surface area contributed by atoms with Crippen molar-refractivity contribution in [2.45, 2.75) is 25.3 Å². The third-order valence-corrected chi connectivity index (χ3v) is 4.33. The van der Waals surface area contributed by atoms with E-state index in [4.69, 9.17) is 33.7 Å². The second-order valence-electron chi connectivity index (χ2n) is 5.31. The molecule has 1 aliphatic rings. The Morgan fingerprint density at radius 1 is 1.45 bits per heavy atom. The lowest BCUT2D eigenvalue weighted by atomic mass is 9.96. The zero-order valence-corrected chi connectivity index (χ0v) is 12.8. The van der Waals surface area contributed by atoms with Gasteiger partial charge in [0.15, 0.2) is 6.61 Å². The van der Waals surface area contributed by atoms with Gasteiger partial charge in [0.25, 0.3) is 5.91 Å². The lowest BCUT2D eigenvalue weighted by molar-refractivity contribution is -0.125. The smallest absolute Gasteiger partial charge is 0.258 e. The molecule has 1 fully saturated rings. The summed E-state index contributed by atoms with van der Waals surface area (Å²) in [7, 11) is 0. The minimum atomic E-state index is -0.335. The van der Waals surface area contributed by atoms with Crippen molar-refractivity contribution in [3.63, 3.8) is 0 Å². The fraction of sp³-hybridized carbons (Fsp3) is 0.500. The van der Waals surface area contributed by atoms with Crippen LogP contribution in [0.15, 0.2) is 18.2 Å². The summed E-state index contributed by atoms with van der Waals surface area (Å²) in [4.78, 5) is 11.9. The van der Waals surface area contributed by atoms with Gasteiger partial charge in [-0.2, -0.15) is 0 Å². The topological polar surface area (TPSA) is 64.3 Å². The molecule has 3 N–H and O–H groups in total. The van der Waals surface area contributed by atoms with Crippen molar-refractivity contribution in [2.75, 3.05) is 13.2 Å². The molecule has 0 saturated heterocycles. The highest BCUT2D eigenvalue weighted by molar-refractivity contribution is 6.42. The van der Waals surface area contributed by atoms with Crippen LogP contribution in [-0.2, 0) is 4.79 Å². The molecule has 0 radical (unpaired) electrons. The number of benzene rings is 1. The van der Waals surface area contributed by atoms with Gasteiger partial charge in [-0.05, 0) is 37.8 Å². The predicted molar refractivity (Wildman–Crippen MR) is 80.3 cm³/mol. The summed E-state index contributed by atoms with van der Waals surface area (Å²) in [6, 6.07) is 4.88. The Morgan fingerprint density at radius 2 is 2.15 bits per heavy atom. The first-order valence-corrected chi connectivity index (χ1v) is 7.29. The molecule has 110 valence electrons. The zero-order valence-electron chi connectivity index (χ0n) is 11.3. The first-order chi connectivity index (χ1) is 9.44. The van der Waals surface area contributed by atoms with E-state index in [1.807, 2.05) is 6.92 Å². The van der Waals surface area contributed by atoms with Crippen LogP contribution in [0.4, 0.5) is 0 Å². The van der Waals surface area contributed by atoms with Crippen LogP contribution in [0.3, 0.4) is 0 Å². The largest absolute Gasteiger partial charge is 0.484 e. The standard InChI is InChI=1S/C14H18Cl2N2O2/c1-14(8-17,9-2-3-9)18-13(19)7-20-10-4-5-11(15)12(16)6-10/h4-6,9H,2-3,7-8,17H2,1H3,(H,18,19). The number of rotatable bonds is 6. The van der Waals surface area contributed by atoms with Gasteiger partial charge < -0.3 is 15.8 Å². The molecule has 0 aromatic heterocycles. The number of amides is 1. The van der Waals surface area contributed by atoms with E-state index < -0.39 is 0 Å². The van der Waals surface area contributed by atoms with Crippen LogP contribution in [0.5, 0.6) is 5.75 Å². The van der Waals surface area contributed by atoms with Crippen LogP contribution in [0.2, 0.25) is 10.0 Å². The van der Waals surface area contributed by atoms with Gasteiger partial charge >= 0.3 is 0 Å². The molecule has 1 aromatic carbocycles. The van der Waals surface area contributed by atoms with Crippen LogP contribution in [0.1, 0.15) is 19.8 Å². The van der Waals surface area contributed by atoms with Crippen molar-refractivity contribution in [1.29, 1.82) is 0 Å². The van der Waals surface area contributed by atoms with Crippen LogP contribution in [0, 0.1) is 5.92 Å². The van der Waals surface area contributed by atoms with E-state index in [0.29, 0.717) is 28.3 Å². The van der Waals surface area contributed by atoms with Crippen molar-refractivity contribution in [3.05, 3.63) is 28.2 Å². The molecule has 1 amide bonds. The first kappa shape index (κ1) is 15.4. The number of halogens is 2. The van der Waals surface area contributed by atoms with Gasteiger partial charge in [-0.3, -0.25) is 4.79 Å². The third kappa shape index (κ3) is 3.78. The molecular formula is C14H18Cl2N2O2. The average Bonchev–Trinajstić information content (AvgIpc) is 3.25. The number of nitrogens with one attached hydrogen (secondary N) is 1. The second kappa shape index (κ2) is 6.20. The second-order valence-corrected chi connectivity index (χ2v) is 6.12. The summed E-state index contributed by atoms with van der Waals surface area (Å²) in [5.74, 6) is 0.799. The monoisotopic (exact) mass is 316 g/mol. The van der Waals surface area contributed by atoms with Crippen molar-refractivity contribution in [2.24, 2.45) is 11.7 Å². The van der Waals surface area contributed by atoms with Gasteiger partial charge in [-0.1, -0.05) is 23.2 Å². The Hall–Kier alpha value is -0.970. The van der Waals surface area contributed by atoms with Gasteiger partial charge in [-0.25, -0.2) is 0 Å². The Kier molecular flexibility index (Phi) is 4.78. The molecule has 2 rings (SSSR count). The Balaban J connectivity index is 1.87. The summed E-state index contributed by atoms with van der Waals surface area (Å²) in [5, 5.41) is 3.80. The summed E-state index contributed by atoms with van der Waals surface area (Å²) in [5.41, 5.74) is 5.42. The SMILES string of the molecule is CC(CN)(NC(=O)COc1ccc(Cl)c(Cl)c1)C1CC1. The van der Waals surface area contributed by atoms with E-state index >= 15 is 0 Å². The fourth-order valence-electron chi connectivity index (χ4n) is 2.11. The van der Waals surface area contributed by atoms with Crippen molar-refractivity contribution in [3.8, 4) is 5.75 Å². The molecule has 4 nitrogen and oxygen atoms in total. The highest BCUT2D eigenvalue weighted by Crippen LogP contribution is 2.38. The maximum Gasteiger partial charge on any atom is 0.258 e. The third-order valence-electron chi connectivity index (χ3n) is 3.59. The highest BCUT2D eigenvalue weighted by Gasteiger charge is 2.41. The maximum absolute atomic E-state index is 11.9. The molecule has 1 aliphatic carbocycles. The van der Waals surface area contributed by atoms with Crippen LogP contribution < -0.4 is 15.8 Å². The van der Waals surface area contributed by atoms with Gasteiger partial charge in [0.2, 0.25) is 0 Å². The first-order valence-electron chi connectivity index (χ1n) is 6.53. The van der Waals surface area contributed by atoms with Crippen LogP contribution >= 0.6 is 23.2 Å². The molecule has 20 heavy (non-hydrogen) atoms. The average molecular weight is 317 g/mol. The molecule has 1 saturated carbocycles. The minimum absolute atomic E-state index is 0.0692. The number of ether oxygens (including phenoxy) is 1. The lowest BCUT2D eigenvalue weighted by Crippen LogP contribution is -2.54. The normalized spacial score (nSPS) is 17.4. The number of nitrogens with two attached hydrogens (primary N) is 1. The van der Waals surface area contributed by atoms with E-state index in [9.17, 15) is 4.79 Å². The summed E-state index contributed by atoms with van der Waals surface area (Å²) < 4.78 is 5.40. The van der Waals surface area contributed by atoms with Crippen LogP contribution in [0.25, 0.3) is 0 Å². The zero-order chi connectivity index (χ0) is 14.8. The van der Waals surface area contributed by atoms with Gasteiger partial charge in [0, 0.05) is 12.6 Å². The van der Waals surface area contributed by atoms with Gasteiger partial charge in [-0.15, -0.1) is 0 Å². The fourth-order valence-corrected chi connectivity index (χ4v) is 2.40. The van der Waals surface area contributed by atoms with Crippen molar-refractivity contribution >= 4 is 29.1 Å². The maximum atomic E-state index is 11.9. The highest BCUT2D eigenvalue weighted by atomic mass is 35.5. The number of carbonyl (C=O) groups excluding carboxylic acids is 1. The molecule has 1 unspecified atom stereocenters. The molecule has 0 heterocycles. The minimum Gasteiger partial charge on any atom is -0.484 e. The van der Waals surface area contributed by atoms with Gasteiger partial charge in [0.05, 0.1) is 15.6 Å². The number of hydrogen-bond acceptors (Lipinski definition) is 3. The van der Waals surface area contributed by atoms with E-state index in [2.05, 4.69) is 5.32 Å². The number of carbonyl (C=O) groups is 1. The van der Waals surface area contributed by atoms with E-state index in [1.54, 1.807) is 18.2 Å². The lowest BCUT2D eigenvalue weighted by Gasteiger charge is -2.29. The van der Waals surface area contributed by atoms with Gasteiger partial charge in [0.1, 0.15) is 5.75 Å². The van der Waals surface area contributed by atoms with Crippen molar-refractivity contribution < 1.29 is 9.53 Å². The van der Waals surface area contributed by atoms with Crippen LogP contribution in [-0.4, -0.2) is 24.6 Å². The Bertz CT molecular complexity index is 506. The molecule has 6 heteroatoms. The summed E-state index contributed by atoms with van der Waals surface area (Å²) >= 11 is 11.7. The molecule has 0 aliphatic heterocycles. The Morgan fingerprint density at radius 3 is 2.70 bits per heavy atom. The molecule has 0 spiro atoms. The number of hydrogen-bond donors (Lipinski definition) is 2. The predicted octanol–water partition coefficient (Wildman–Crippen LogP) is 2.62. The van der Waals surface area contributed by atoms with E-state index in [1.165, 1.54) is 0 Å². The summed E-state index contributed by atoms with van der Waals surface area (Å²) in [6.07, 6.45) is 2.23. The van der Waals surface area contributed by atoms with E-state index in [-0.39, 0.29) is 18.1 Å².